The summed E-state index contributed by atoms with van der Waals surface area (Å²) in [6.45, 7) is 0.786. The van der Waals surface area contributed by atoms with E-state index in [2.05, 4.69) is 96.9 Å². The molecule has 5 aromatic rings. The van der Waals surface area contributed by atoms with Gasteiger partial charge in [0.25, 0.3) is 0 Å². The highest BCUT2D eigenvalue weighted by Gasteiger charge is 2.13. The molecule has 0 spiro atoms. The van der Waals surface area contributed by atoms with Gasteiger partial charge in [-0.2, -0.15) is 0 Å². The van der Waals surface area contributed by atoms with Gasteiger partial charge in [-0.1, -0.05) is 97.1 Å². The highest BCUT2D eigenvalue weighted by Crippen LogP contribution is 2.29. The molecule has 3 nitrogen and oxygen atoms in total. The molecule has 0 unspecified atom stereocenters. The summed E-state index contributed by atoms with van der Waals surface area (Å²) in [6, 6.07) is 37.6. The van der Waals surface area contributed by atoms with Crippen molar-refractivity contribution in [2.24, 2.45) is 0 Å². The Morgan fingerprint density at radius 1 is 0.581 bits per heavy atom. The minimum Gasteiger partial charge on any atom is -0.355 e. The molecule has 0 aliphatic rings. The SMILES string of the molecule is CN(Cc1ccccc1)c1nc(-c2ccc(-c3ccccc3)cc2)nc2ccccc12. The average molecular weight is 402 g/mol. The van der Waals surface area contributed by atoms with Crippen LogP contribution in [0.1, 0.15) is 5.56 Å². The van der Waals surface area contributed by atoms with Crippen LogP contribution in [-0.2, 0) is 6.54 Å². The van der Waals surface area contributed by atoms with Gasteiger partial charge in [0.1, 0.15) is 5.82 Å². The summed E-state index contributed by atoms with van der Waals surface area (Å²) in [5.74, 6) is 1.69. The molecule has 1 heterocycles. The fraction of sp³-hybridized carbons (Fsp3) is 0.0714. The number of para-hydroxylation sites is 1. The van der Waals surface area contributed by atoms with Crippen molar-refractivity contribution in [2.45, 2.75) is 6.54 Å². The van der Waals surface area contributed by atoms with Crippen LogP contribution >= 0.6 is 0 Å². The summed E-state index contributed by atoms with van der Waals surface area (Å²) >= 11 is 0. The second-order valence-electron chi connectivity index (χ2n) is 7.67. The molecule has 0 radical (unpaired) electrons. The van der Waals surface area contributed by atoms with Crippen molar-refractivity contribution in [3.63, 3.8) is 0 Å². The number of hydrogen-bond acceptors (Lipinski definition) is 3. The monoisotopic (exact) mass is 401 g/mol. The molecule has 0 saturated carbocycles. The Balaban J connectivity index is 1.54. The Morgan fingerprint density at radius 3 is 1.90 bits per heavy atom. The van der Waals surface area contributed by atoms with Crippen molar-refractivity contribution in [2.75, 3.05) is 11.9 Å². The van der Waals surface area contributed by atoms with Crippen molar-refractivity contribution in [1.29, 1.82) is 0 Å². The lowest BCUT2D eigenvalue weighted by Gasteiger charge is -2.21. The fourth-order valence-corrected chi connectivity index (χ4v) is 3.85. The predicted molar refractivity (Wildman–Crippen MR) is 129 cm³/mol. The van der Waals surface area contributed by atoms with E-state index < -0.39 is 0 Å². The van der Waals surface area contributed by atoms with E-state index >= 15 is 0 Å². The minimum absolute atomic E-state index is 0.744. The van der Waals surface area contributed by atoms with Crippen LogP contribution in [0, 0.1) is 0 Å². The number of nitrogens with zero attached hydrogens (tertiary/aromatic N) is 3. The molecule has 0 saturated heterocycles. The summed E-state index contributed by atoms with van der Waals surface area (Å²) in [5.41, 5.74) is 5.61. The normalized spacial score (nSPS) is 10.9. The quantitative estimate of drug-likeness (QED) is 0.332. The first-order valence-electron chi connectivity index (χ1n) is 10.5. The van der Waals surface area contributed by atoms with Gasteiger partial charge < -0.3 is 4.90 Å². The number of hydrogen-bond donors (Lipinski definition) is 0. The molecule has 31 heavy (non-hydrogen) atoms. The lowest BCUT2D eigenvalue weighted by atomic mass is 10.0. The van der Waals surface area contributed by atoms with Gasteiger partial charge in [-0.15, -0.1) is 0 Å². The van der Waals surface area contributed by atoms with E-state index in [1.54, 1.807) is 0 Å². The number of anilines is 1. The zero-order chi connectivity index (χ0) is 21.0. The molecule has 0 bridgehead atoms. The maximum atomic E-state index is 4.98. The van der Waals surface area contributed by atoms with Crippen LogP contribution in [0.25, 0.3) is 33.4 Å². The fourth-order valence-electron chi connectivity index (χ4n) is 3.85. The van der Waals surface area contributed by atoms with Gasteiger partial charge in [0.05, 0.1) is 5.52 Å². The minimum atomic E-state index is 0.744. The van der Waals surface area contributed by atoms with E-state index in [4.69, 9.17) is 9.97 Å². The van der Waals surface area contributed by atoms with Gasteiger partial charge in [-0.05, 0) is 28.8 Å². The topological polar surface area (TPSA) is 29.0 Å². The standard InChI is InChI=1S/C28H23N3/c1-31(20-21-10-4-2-5-11-21)28-25-14-8-9-15-26(25)29-27(30-28)24-18-16-23(17-19-24)22-12-6-3-7-13-22/h2-19H,20H2,1H3. The molecule has 0 aliphatic heterocycles. The van der Waals surface area contributed by atoms with Crippen LogP contribution in [0.3, 0.4) is 0 Å². The van der Waals surface area contributed by atoms with E-state index in [0.29, 0.717) is 0 Å². The third-order valence-corrected chi connectivity index (χ3v) is 5.46. The van der Waals surface area contributed by atoms with Crippen LogP contribution in [0.4, 0.5) is 5.82 Å². The molecule has 0 atom stereocenters. The molecular weight excluding hydrogens is 378 g/mol. The maximum Gasteiger partial charge on any atom is 0.162 e. The highest BCUT2D eigenvalue weighted by molar-refractivity contribution is 5.91. The molecule has 5 rings (SSSR count). The third-order valence-electron chi connectivity index (χ3n) is 5.46. The van der Waals surface area contributed by atoms with Crippen molar-refractivity contribution >= 4 is 16.7 Å². The number of rotatable bonds is 5. The zero-order valence-corrected chi connectivity index (χ0v) is 17.4. The van der Waals surface area contributed by atoms with Crippen molar-refractivity contribution in [3.05, 3.63) is 115 Å². The van der Waals surface area contributed by atoms with Gasteiger partial charge in [0.15, 0.2) is 5.82 Å². The van der Waals surface area contributed by atoms with Gasteiger partial charge in [-0.3, -0.25) is 0 Å². The first-order valence-corrected chi connectivity index (χ1v) is 10.5. The largest absolute Gasteiger partial charge is 0.355 e. The van der Waals surface area contributed by atoms with Gasteiger partial charge in [0, 0.05) is 24.5 Å². The van der Waals surface area contributed by atoms with Crippen molar-refractivity contribution < 1.29 is 0 Å². The predicted octanol–water partition coefficient (Wildman–Crippen LogP) is 6.60. The molecule has 150 valence electrons. The molecule has 0 N–H and O–H groups in total. The summed E-state index contributed by atoms with van der Waals surface area (Å²) in [5, 5.41) is 1.06. The zero-order valence-electron chi connectivity index (χ0n) is 17.4. The maximum absolute atomic E-state index is 4.98. The lowest BCUT2D eigenvalue weighted by Crippen LogP contribution is -2.18. The van der Waals surface area contributed by atoms with E-state index in [9.17, 15) is 0 Å². The Labute approximate surface area is 182 Å². The molecule has 0 aliphatic carbocycles. The highest BCUT2D eigenvalue weighted by atomic mass is 15.2. The first-order chi connectivity index (χ1) is 15.3. The third kappa shape index (κ3) is 4.03. The molecule has 3 heteroatoms. The number of fused-ring (bicyclic) bond motifs is 1. The van der Waals surface area contributed by atoms with Crippen LogP contribution in [0.5, 0.6) is 0 Å². The number of aromatic nitrogens is 2. The second kappa shape index (κ2) is 8.41. The summed E-state index contributed by atoms with van der Waals surface area (Å²) < 4.78 is 0. The van der Waals surface area contributed by atoms with Crippen molar-refractivity contribution in [3.8, 4) is 22.5 Å². The van der Waals surface area contributed by atoms with Gasteiger partial charge >= 0.3 is 0 Å². The van der Waals surface area contributed by atoms with E-state index in [1.165, 1.54) is 16.7 Å². The second-order valence-corrected chi connectivity index (χ2v) is 7.67. The summed E-state index contributed by atoms with van der Waals surface area (Å²) in [7, 11) is 2.09. The average Bonchev–Trinajstić information content (AvgIpc) is 2.84. The van der Waals surface area contributed by atoms with Crippen LogP contribution < -0.4 is 4.90 Å². The van der Waals surface area contributed by atoms with E-state index in [-0.39, 0.29) is 0 Å². The Morgan fingerprint density at radius 2 is 1.16 bits per heavy atom. The Kier molecular flexibility index (Phi) is 5.16. The van der Waals surface area contributed by atoms with Gasteiger partial charge in [-0.25, -0.2) is 9.97 Å². The van der Waals surface area contributed by atoms with Crippen LogP contribution in [-0.4, -0.2) is 17.0 Å². The van der Waals surface area contributed by atoms with E-state index in [0.717, 1.165) is 34.7 Å². The Bertz CT molecular complexity index is 1300. The molecule has 1 aromatic heterocycles. The molecule has 0 amide bonds. The molecule has 4 aromatic carbocycles. The summed E-state index contributed by atoms with van der Waals surface area (Å²) in [6.07, 6.45) is 0. The summed E-state index contributed by atoms with van der Waals surface area (Å²) in [4.78, 5) is 12.0. The van der Waals surface area contributed by atoms with Crippen LogP contribution in [0.15, 0.2) is 109 Å². The molecule has 0 fully saturated rings. The number of benzene rings is 4. The smallest absolute Gasteiger partial charge is 0.162 e. The first kappa shape index (κ1) is 19.0. The lowest BCUT2D eigenvalue weighted by molar-refractivity contribution is 0.902. The van der Waals surface area contributed by atoms with Crippen molar-refractivity contribution in [1.82, 2.24) is 9.97 Å². The Hall–Kier alpha value is -3.98. The van der Waals surface area contributed by atoms with E-state index in [1.807, 2.05) is 24.3 Å². The van der Waals surface area contributed by atoms with Crippen LogP contribution in [0.2, 0.25) is 0 Å². The van der Waals surface area contributed by atoms with Gasteiger partial charge in [0.2, 0.25) is 0 Å². The molecular formula is C28H23N3.